The van der Waals surface area contributed by atoms with Gasteiger partial charge < -0.3 is 15.5 Å². The van der Waals surface area contributed by atoms with Crippen molar-refractivity contribution < 1.29 is 4.79 Å². The van der Waals surface area contributed by atoms with Crippen LogP contribution in [-0.2, 0) is 13.1 Å². The number of carbonyl (C=O) groups excluding carboxylic acids is 1. The summed E-state index contributed by atoms with van der Waals surface area (Å²) in [7, 11) is 0. The predicted octanol–water partition coefficient (Wildman–Crippen LogP) is 2.63. The highest BCUT2D eigenvalue weighted by Crippen LogP contribution is 2.35. The molecule has 2 aliphatic heterocycles. The van der Waals surface area contributed by atoms with Crippen molar-refractivity contribution in [1.82, 2.24) is 10.6 Å². The van der Waals surface area contributed by atoms with Gasteiger partial charge in [0.05, 0.1) is 12.2 Å². The van der Waals surface area contributed by atoms with Crippen LogP contribution in [0.4, 0.5) is 16.2 Å². The molecule has 2 N–H and O–H groups in total. The standard InChI is InChI=1S/C20H24N4O/c1-15-11-18(23-9-7-21-8-10-23)17-13-22-20(25)24(19(17)12-15)14-16-5-3-2-4-6-16/h2-6,11-12,21H,7-10,13-14H2,1H3,(H,22,25). The Hall–Kier alpha value is -2.53. The van der Waals surface area contributed by atoms with E-state index in [0.717, 1.165) is 37.4 Å². The minimum atomic E-state index is -0.0202. The van der Waals surface area contributed by atoms with Crippen LogP contribution < -0.4 is 20.4 Å². The van der Waals surface area contributed by atoms with Crippen molar-refractivity contribution in [3.8, 4) is 0 Å². The first-order valence-corrected chi connectivity index (χ1v) is 8.91. The number of hydrogen-bond donors (Lipinski definition) is 2. The second kappa shape index (κ2) is 6.76. The fourth-order valence-corrected chi connectivity index (χ4v) is 3.68. The lowest BCUT2D eigenvalue weighted by Crippen LogP contribution is -2.47. The van der Waals surface area contributed by atoms with Crippen LogP contribution >= 0.6 is 0 Å². The molecule has 25 heavy (non-hydrogen) atoms. The molecule has 5 nitrogen and oxygen atoms in total. The van der Waals surface area contributed by atoms with Crippen LogP contribution in [0.2, 0.25) is 0 Å². The molecule has 0 spiro atoms. The summed E-state index contributed by atoms with van der Waals surface area (Å²) in [5.74, 6) is 0. The zero-order chi connectivity index (χ0) is 17.2. The molecule has 2 aliphatic rings. The summed E-state index contributed by atoms with van der Waals surface area (Å²) in [5.41, 5.74) is 5.86. The largest absolute Gasteiger partial charge is 0.369 e. The van der Waals surface area contributed by atoms with E-state index in [2.05, 4.69) is 46.7 Å². The summed E-state index contributed by atoms with van der Waals surface area (Å²) >= 11 is 0. The van der Waals surface area contributed by atoms with Crippen molar-refractivity contribution >= 4 is 17.4 Å². The Morgan fingerprint density at radius 2 is 1.76 bits per heavy atom. The van der Waals surface area contributed by atoms with Crippen LogP contribution in [0.25, 0.3) is 0 Å². The van der Waals surface area contributed by atoms with E-state index >= 15 is 0 Å². The number of fused-ring (bicyclic) bond motifs is 1. The second-order valence-corrected chi connectivity index (χ2v) is 6.75. The van der Waals surface area contributed by atoms with Crippen molar-refractivity contribution in [2.75, 3.05) is 36.0 Å². The number of hydrogen-bond acceptors (Lipinski definition) is 3. The van der Waals surface area contributed by atoms with Crippen molar-refractivity contribution in [1.29, 1.82) is 0 Å². The molecular formula is C20H24N4O. The molecule has 1 saturated heterocycles. The van der Waals surface area contributed by atoms with Gasteiger partial charge in [-0.1, -0.05) is 30.3 Å². The maximum absolute atomic E-state index is 12.6. The molecule has 0 aromatic heterocycles. The average molecular weight is 336 g/mol. The quantitative estimate of drug-likeness (QED) is 0.906. The van der Waals surface area contributed by atoms with Crippen LogP contribution in [-0.4, -0.2) is 32.2 Å². The van der Waals surface area contributed by atoms with E-state index in [9.17, 15) is 4.79 Å². The summed E-state index contributed by atoms with van der Waals surface area (Å²) in [6.45, 7) is 7.30. The molecule has 2 aromatic rings. The van der Waals surface area contributed by atoms with E-state index < -0.39 is 0 Å². The van der Waals surface area contributed by atoms with Gasteiger partial charge >= 0.3 is 6.03 Å². The zero-order valence-electron chi connectivity index (χ0n) is 14.6. The third-order valence-electron chi connectivity index (χ3n) is 4.94. The van der Waals surface area contributed by atoms with Crippen LogP contribution in [0.15, 0.2) is 42.5 Å². The van der Waals surface area contributed by atoms with Gasteiger partial charge in [0.1, 0.15) is 0 Å². The topological polar surface area (TPSA) is 47.6 Å². The van der Waals surface area contributed by atoms with Crippen LogP contribution in [0.1, 0.15) is 16.7 Å². The lowest BCUT2D eigenvalue weighted by Gasteiger charge is -2.36. The van der Waals surface area contributed by atoms with Crippen molar-refractivity contribution in [2.24, 2.45) is 0 Å². The molecule has 0 atom stereocenters. The smallest absolute Gasteiger partial charge is 0.322 e. The van der Waals surface area contributed by atoms with Crippen LogP contribution in [0.5, 0.6) is 0 Å². The number of nitrogens with zero attached hydrogens (tertiary/aromatic N) is 2. The Kier molecular flexibility index (Phi) is 4.32. The van der Waals surface area contributed by atoms with Gasteiger partial charge in [-0.2, -0.15) is 0 Å². The highest BCUT2D eigenvalue weighted by atomic mass is 16.2. The Morgan fingerprint density at radius 3 is 2.52 bits per heavy atom. The van der Waals surface area contributed by atoms with Gasteiger partial charge in [-0.3, -0.25) is 4.90 Å². The van der Waals surface area contributed by atoms with Crippen molar-refractivity contribution in [3.63, 3.8) is 0 Å². The molecule has 0 unspecified atom stereocenters. The number of urea groups is 1. The van der Waals surface area contributed by atoms with Gasteiger partial charge in [0.2, 0.25) is 0 Å². The lowest BCUT2D eigenvalue weighted by atomic mass is 10.0. The molecule has 5 heteroatoms. The summed E-state index contributed by atoms with van der Waals surface area (Å²) < 4.78 is 0. The zero-order valence-corrected chi connectivity index (χ0v) is 14.6. The monoisotopic (exact) mass is 336 g/mol. The normalized spacial score (nSPS) is 17.2. The Morgan fingerprint density at radius 1 is 1.04 bits per heavy atom. The van der Waals surface area contributed by atoms with Crippen molar-refractivity contribution in [2.45, 2.75) is 20.0 Å². The summed E-state index contributed by atoms with van der Waals surface area (Å²) in [4.78, 5) is 16.9. The van der Waals surface area contributed by atoms with E-state index in [-0.39, 0.29) is 6.03 Å². The van der Waals surface area contributed by atoms with Gasteiger partial charge in [-0.05, 0) is 30.2 Å². The SMILES string of the molecule is Cc1cc(N2CCNCC2)c2c(c1)N(Cc1ccccc1)C(=O)NC2. The van der Waals surface area contributed by atoms with Crippen LogP contribution in [0, 0.1) is 6.92 Å². The van der Waals surface area contributed by atoms with Gasteiger partial charge in [0.25, 0.3) is 0 Å². The molecular weight excluding hydrogens is 312 g/mol. The van der Waals surface area contributed by atoms with Gasteiger partial charge in [0, 0.05) is 44.0 Å². The molecule has 0 aliphatic carbocycles. The number of amides is 2. The lowest BCUT2D eigenvalue weighted by molar-refractivity contribution is 0.244. The Bertz CT molecular complexity index is 769. The third-order valence-corrected chi connectivity index (χ3v) is 4.94. The molecule has 2 aromatic carbocycles. The Labute approximate surface area is 148 Å². The Balaban J connectivity index is 1.73. The van der Waals surface area contributed by atoms with Gasteiger partial charge in [0.15, 0.2) is 0 Å². The number of piperazine rings is 1. The molecule has 0 saturated carbocycles. The number of anilines is 2. The maximum Gasteiger partial charge on any atom is 0.322 e. The number of benzene rings is 2. The van der Waals surface area contributed by atoms with Gasteiger partial charge in [-0.25, -0.2) is 4.79 Å². The first-order chi connectivity index (χ1) is 12.2. The van der Waals surface area contributed by atoms with E-state index in [0.29, 0.717) is 13.1 Å². The minimum absolute atomic E-state index is 0.0202. The predicted molar refractivity (Wildman–Crippen MR) is 101 cm³/mol. The first-order valence-electron chi connectivity index (χ1n) is 8.91. The number of rotatable bonds is 3. The van der Waals surface area contributed by atoms with Gasteiger partial charge in [-0.15, -0.1) is 0 Å². The van der Waals surface area contributed by atoms with E-state index in [1.54, 1.807) is 0 Å². The molecule has 2 heterocycles. The summed E-state index contributed by atoms with van der Waals surface area (Å²) in [5, 5.41) is 6.46. The fraction of sp³-hybridized carbons (Fsp3) is 0.350. The average Bonchev–Trinajstić information content (AvgIpc) is 2.65. The highest BCUT2D eigenvalue weighted by Gasteiger charge is 2.28. The first kappa shape index (κ1) is 16.0. The fourth-order valence-electron chi connectivity index (χ4n) is 3.68. The van der Waals surface area contributed by atoms with E-state index in [1.165, 1.54) is 16.8 Å². The van der Waals surface area contributed by atoms with Crippen molar-refractivity contribution in [3.05, 3.63) is 59.2 Å². The minimum Gasteiger partial charge on any atom is -0.369 e. The molecule has 1 fully saturated rings. The molecule has 130 valence electrons. The third kappa shape index (κ3) is 3.20. The molecule has 0 radical (unpaired) electrons. The molecule has 0 bridgehead atoms. The molecule has 4 rings (SSSR count). The second-order valence-electron chi connectivity index (χ2n) is 6.75. The number of carbonyl (C=O) groups is 1. The van der Waals surface area contributed by atoms with E-state index in [1.807, 2.05) is 23.1 Å². The highest BCUT2D eigenvalue weighted by molar-refractivity contribution is 5.96. The van der Waals surface area contributed by atoms with E-state index in [4.69, 9.17) is 0 Å². The molecule has 2 amide bonds. The number of nitrogens with one attached hydrogen (secondary N) is 2. The summed E-state index contributed by atoms with van der Waals surface area (Å²) in [6.07, 6.45) is 0. The summed E-state index contributed by atoms with van der Waals surface area (Å²) in [6, 6.07) is 14.5. The number of aryl methyl sites for hydroxylation is 1. The van der Waals surface area contributed by atoms with Crippen LogP contribution in [0.3, 0.4) is 0 Å². The maximum atomic E-state index is 12.6.